The predicted molar refractivity (Wildman–Crippen MR) is 136 cm³/mol. The normalized spacial score (nSPS) is 11.7. The SMILES string of the molecule is COc1cc(OCC[S+](Cc2ccccc2)c2c(O)c3cccnc3[nH]c2=O)cc(OC)c1OC. The first kappa shape index (κ1) is 24.3. The van der Waals surface area contributed by atoms with Gasteiger partial charge < -0.3 is 29.0 Å². The molecule has 0 fully saturated rings. The fraction of sp³-hybridized carbons (Fsp3) is 0.231. The molecule has 1 atom stereocenters. The van der Waals surface area contributed by atoms with Crippen LogP contribution >= 0.6 is 0 Å². The molecule has 182 valence electrons. The van der Waals surface area contributed by atoms with Gasteiger partial charge in [0, 0.05) is 34.8 Å². The third-order valence-electron chi connectivity index (χ3n) is 5.43. The highest BCUT2D eigenvalue weighted by Gasteiger charge is 2.32. The van der Waals surface area contributed by atoms with Crippen LogP contribution in [0.1, 0.15) is 5.56 Å². The maximum Gasteiger partial charge on any atom is 0.308 e. The summed E-state index contributed by atoms with van der Waals surface area (Å²) in [6.07, 6.45) is 1.58. The molecular formula is C26H27N2O6S+. The van der Waals surface area contributed by atoms with Gasteiger partial charge in [-0.15, -0.1) is 0 Å². The van der Waals surface area contributed by atoms with Crippen LogP contribution in [0.15, 0.2) is 70.5 Å². The Kier molecular flexibility index (Phi) is 7.67. The van der Waals surface area contributed by atoms with Crippen molar-refractivity contribution in [2.24, 2.45) is 0 Å². The molecule has 2 N–H and O–H groups in total. The Morgan fingerprint density at radius 1 is 0.971 bits per heavy atom. The van der Waals surface area contributed by atoms with E-state index in [2.05, 4.69) is 9.97 Å². The van der Waals surface area contributed by atoms with Crippen LogP contribution in [0.3, 0.4) is 0 Å². The van der Waals surface area contributed by atoms with Gasteiger partial charge in [0.1, 0.15) is 29.5 Å². The van der Waals surface area contributed by atoms with E-state index in [0.717, 1.165) is 5.56 Å². The zero-order valence-corrected chi connectivity index (χ0v) is 20.6. The van der Waals surface area contributed by atoms with E-state index in [-0.39, 0.29) is 11.3 Å². The first-order valence-corrected chi connectivity index (χ1v) is 12.5. The number of aromatic nitrogens is 2. The molecule has 4 rings (SSSR count). The minimum Gasteiger partial charge on any atom is -0.503 e. The largest absolute Gasteiger partial charge is 0.503 e. The molecule has 2 aromatic carbocycles. The summed E-state index contributed by atoms with van der Waals surface area (Å²) in [7, 11) is 3.98. The fourth-order valence-electron chi connectivity index (χ4n) is 3.78. The first-order valence-electron chi connectivity index (χ1n) is 10.9. The lowest BCUT2D eigenvalue weighted by molar-refractivity contribution is 0.309. The van der Waals surface area contributed by atoms with E-state index in [1.54, 1.807) is 51.8 Å². The molecule has 0 radical (unpaired) electrons. The standard InChI is InChI=1S/C26H26N2O6S/c1-31-20-14-18(15-21(32-2)23(20)33-3)34-12-13-35(16-17-8-5-4-6-9-17)24-22(29)19-10-7-11-27-25(19)28-26(24)30/h4-11,14-15H,12-13,16H2,1-3H3,(H-,27,28,29,30)/p+1. The van der Waals surface area contributed by atoms with Crippen molar-refractivity contribution < 1.29 is 24.1 Å². The van der Waals surface area contributed by atoms with E-state index < -0.39 is 10.9 Å². The van der Waals surface area contributed by atoms with Crippen molar-refractivity contribution in [1.29, 1.82) is 0 Å². The van der Waals surface area contributed by atoms with Crippen molar-refractivity contribution in [1.82, 2.24) is 9.97 Å². The van der Waals surface area contributed by atoms with Crippen molar-refractivity contribution >= 4 is 21.9 Å². The van der Waals surface area contributed by atoms with Crippen LogP contribution < -0.4 is 24.5 Å². The molecular weight excluding hydrogens is 468 g/mol. The number of pyridine rings is 2. The molecule has 0 aliphatic heterocycles. The van der Waals surface area contributed by atoms with E-state index in [0.29, 0.717) is 57.0 Å². The van der Waals surface area contributed by atoms with Crippen LogP contribution in [-0.4, -0.2) is 48.8 Å². The highest BCUT2D eigenvalue weighted by molar-refractivity contribution is 7.96. The average Bonchev–Trinajstić information content (AvgIpc) is 2.88. The predicted octanol–water partition coefficient (Wildman–Crippen LogP) is 3.91. The number of H-pyrrole nitrogens is 1. The number of fused-ring (bicyclic) bond motifs is 1. The zero-order valence-electron chi connectivity index (χ0n) is 19.7. The van der Waals surface area contributed by atoms with Gasteiger partial charge in [-0.1, -0.05) is 30.3 Å². The lowest BCUT2D eigenvalue weighted by Gasteiger charge is -2.15. The molecule has 2 aromatic heterocycles. The van der Waals surface area contributed by atoms with Crippen LogP contribution in [0, 0.1) is 0 Å². The van der Waals surface area contributed by atoms with Gasteiger partial charge in [-0.2, -0.15) is 0 Å². The molecule has 0 saturated heterocycles. The number of nitrogens with zero attached hydrogens (tertiary/aromatic N) is 1. The molecule has 0 aliphatic carbocycles. The highest BCUT2D eigenvalue weighted by atomic mass is 32.2. The Balaban J connectivity index is 1.63. The summed E-state index contributed by atoms with van der Waals surface area (Å²) in [5.41, 5.74) is 1.07. The van der Waals surface area contributed by atoms with Crippen molar-refractivity contribution in [3.05, 3.63) is 76.7 Å². The summed E-state index contributed by atoms with van der Waals surface area (Å²) in [5, 5.41) is 11.6. The van der Waals surface area contributed by atoms with Crippen molar-refractivity contribution in [3.63, 3.8) is 0 Å². The average molecular weight is 496 g/mol. The Bertz CT molecular complexity index is 1330. The third kappa shape index (κ3) is 5.30. The number of ether oxygens (including phenoxy) is 4. The van der Waals surface area contributed by atoms with Gasteiger partial charge in [-0.25, -0.2) is 4.98 Å². The maximum absolute atomic E-state index is 13.0. The molecule has 0 aliphatic rings. The Labute approximate surface area is 205 Å². The minimum absolute atomic E-state index is 0.0381. The van der Waals surface area contributed by atoms with Gasteiger partial charge in [-0.05, 0) is 12.1 Å². The van der Waals surface area contributed by atoms with Crippen LogP contribution in [0.2, 0.25) is 0 Å². The Morgan fingerprint density at radius 3 is 2.34 bits per heavy atom. The van der Waals surface area contributed by atoms with E-state index in [9.17, 15) is 9.90 Å². The molecule has 8 nitrogen and oxygen atoms in total. The molecule has 9 heteroatoms. The molecule has 1 unspecified atom stereocenters. The lowest BCUT2D eigenvalue weighted by atomic mass is 10.2. The lowest BCUT2D eigenvalue weighted by Crippen LogP contribution is -2.25. The summed E-state index contributed by atoms with van der Waals surface area (Å²) in [4.78, 5) is 20.3. The topological polar surface area (TPSA) is 103 Å². The Morgan fingerprint density at radius 2 is 1.69 bits per heavy atom. The van der Waals surface area contributed by atoms with E-state index >= 15 is 0 Å². The summed E-state index contributed by atoms with van der Waals surface area (Å²) in [6, 6.07) is 16.8. The van der Waals surface area contributed by atoms with Crippen molar-refractivity contribution in [3.8, 4) is 28.7 Å². The molecule has 4 aromatic rings. The number of hydrogen-bond acceptors (Lipinski definition) is 7. The first-order chi connectivity index (χ1) is 17.0. The van der Waals surface area contributed by atoms with E-state index in [4.69, 9.17) is 18.9 Å². The zero-order chi connectivity index (χ0) is 24.8. The number of rotatable bonds is 10. The second-order valence-electron chi connectivity index (χ2n) is 7.57. The molecule has 0 amide bonds. The van der Waals surface area contributed by atoms with Crippen molar-refractivity contribution in [2.45, 2.75) is 10.6 Å². The van der Waals surface area contributed by atoms with Gasteiger partial charge in [0.25, 0.3) is 4.90 Å². The summed E-state index contributed by atoms with van der Waals surface area (Å²) in [5.74, 6) is 3.05. The van der Waals surface area contributed by atoms with E-state index in [1.165, 1.54) is 0 Å². The summed E-state index contributed by atoms with van der Waals surface area (Å²) >= 11 is 0. The second-order valence-corrected chi connectivity index (χ2v) is 9.66. The van der Waals surface area contributed by atoms with E-state index in [1.807, 2.05) is 30.3 Å². The van der Waals surface area contributed by atoms with Gasteiger partial charge in [0.2, 0.25) is 5.75 Å². The highest BCUT2D eigenvalue weighted by Crippen LogP contribution is 2.41. The van der Waals surface area contributed by atoms with Crippen LogP contribution in [0.5, 0.6) is 28.7 Å². The van der Waals surface area contributed by atoms with Crippen molar-refractivity contribution in [2.75, 3.05) is 33.7 Å². The quantitative estimate of drug-likeness (QED) is 0.322. The smallest absolute Gasteiger partial charge is 0.308 e. The molecule has 2 heterocycles. The third-order valence-corrected chi connectivity index (χ3v) is 7.72. The molecule has 0 spiro atoms. The summed E-state index contributed by atoms with van der Waals surface area (Å²) < 4.78 is 22.2. The number of aromatic amines is 1. The number of hydrogen-bond donors (Lipinski definition) is 2. The maximum atomic E-state index is 13.0. The van der Waals surface area contributed by atoms with Gasteiger partial charge in [-0.3, -0.25) is 4.79 Å². The van der Waals surface area contributed by atoms with Crippen LogP contribution in [0.25, 0.3) is 11.0 Å². The van der Waals surface area contributed by atoms with Crippen LogP contribution in [0.4, 0.5) is 0 Å². The monoisotopic (exact) mass is 495 g/mol. The number of nitrogens with one attached hydrogen (secondary N) is 1. The molecule has 0 bridgehead atoms. The van der Waals surface area contributed by atoms with Gasteiger partial charge >= 0.3 is 5.56 Å². The molecule has 0 saturated carbocycles. The number of benzene rings is 2. The second kappa shape index (κ2) is 11.1. The minimum atomic E-state index is -0.646. The number of methoxy groups -OCH3 is 3. The summed E-state index contributed by atoms with van der Waals surface area (Å²) in [6.45, 7) is 0.304. The van der Waals surface area contributed by atoms with Gasteiger partial charge in [0.15, 0.2) is 17.2 Å². The fourth-order valence-corrected chi connectivity index (χ4v) is 5.85. The molecule has 35 heavy (non-hydrogen) atoms. The Hall–Kier alpha value is -3.85. The van der Waals surface area contributed by atoms with Gasteiger partial charge in [0.05, 0.1) is 26.7 Å². The van der Waals surface area contributed by atoms with Crippen LogP contribution in [-0.2, 0) is 16.6 Å². The number of aromatic hydroxyl groups is 1.